The average Bonchev–Trinajstić information content (AvgIpc) is 3.33. The van der Waals surface area contributed by atoms with Crippen molar-refractivity contribution in [3.8, 4) is 45.6 Å². The summed E-state index contributed by atoms with van der Waals surface area (Å²) in [7, 11) is 0. The Balaban J connectivity index is 0.934. The molecule has 0 aliphatic carbocycles. The highest BCUT2D eigenvalue weighted by molar-refractivity contribution is 5.94. The van der Waals surface area contributed by atoms with E-state index in [1.807, 2.05) is 6.07 Å². The normalized spacial score (nSPS) is 11.3. The van der Waals surface area contributed by atoms with Crippen molar-refractivity contribution in [1.29, 1.82) is 0 Å². The van der Waals surface area contributed by atoms with Crippen LogP contribution >= 0.6 is 0 Å². The summed E-state index contributed by atoms with van der Waals surface area (Å²) in [5, 5.41) is 0. The SMILES string of the molecule is CCCCCCOc1ccc(C(=O)Oc2ccc(C(=O)Oc3ccc(-c4cccc(C(=O)Oc5ccc(C(=O)Oc6ccc(OCC[C@@H](C)CCCC(C)C)cc6)cc5)c4)cc3)cc2)cc1. The zero-order chi connectivity index (χ0) is 46.7. The summed E-state index contributed by atoms with van der Waals surface area (Å²) in [6.07, 6.45) is 9.13. The summed E-state index contributed by atoms with van der Waals surface area (Å²) >= 11 is 0. The number of benzene rings is 6. The highest BCUT2D eigenvalue weighted by Gasteiger charge is 2.15. The number of hydrogen-bond donors (Lipinski definition) is 0. The van der Waals surface area contributed by atoms with Gasteiger partial charge in [0.25, 0.3) is 0 Å². The first-order valence-electron chi connectivity index (χ1n) is 22.8. The van der Waals surface area contributed by atoms with Crippen molar-refractivity contribution in [2.45, 2.75) is 79.1 Å². The largest absolute Gasteiger partial charge is 0.494 e. The van der Waals surface area contributed by atoms with E-state index in [-0.39, 0.29) is 17.1 Å². The summed E-state index contributed by atoms with van der Waals surface area (Å²) < 4.78 is 33.9. The molecule has 6 aromatic carbocycles. The third kappa shape index (κ3) is 15.2. The number of hydrogen-bond acceptors (Lipinski definition) is 10. The van der Waals surface area contributed by atoms with Gasteiger partial charge in [-0.2, -0.15) is 0 Å². The number of unbranched alkanes of at least 4 members (excludes halogenated alkanes) is 3. The van der Waals surface area contributed by atoms with Crippen molar-refractivity contribution in [2.24, 2.45) is 11.8 Å². The van der Waals surface area contributed by atoms with Crippen LogP contribution in [0.4, 0.5) is 0 Å². The number of carbonyl (C=O) groups is 4. The monoisotopic (exact) mass is 890 g/mol. The van der Waals surface area contributed by atoms with E-state index in [4.69, 9.17) is 28.4 Å². The third-order valence-corrected chi connectivity index (χ3v) is 10.8. The molecule has 0 saturated heterocycles. The van der Waals surface area contributed by atoms with Gasteiger partial charge in [0.1, 0.15) is 34.5 Å². The molecule has 0 radical (unpaired) electrons. The molecule has 6 aromatic rings. The summed E-state index contributed by atoms with van der Waals surface area (Å²) in [5.41, 5.74) is 2.79. The minimum Gasteiger partial charge on any atom is -0.494 e. The summed E-state index contributed by atoms with van der Waals surface area (Å²) in [6.45, 7) is 10.2. The van der Waals surface area contributed by atoms with Gasteiger partial charge < -0.3 is 28.4 Å². The molecule has 0 N–H and O–H groups in total. The van der Waals surface area contributed by atoms with E-state index < -0.39 is 23.9 Å². The van der Waals surface area contributed by atoms with Gasteiger partial charge in [0.15, 0.2) is 0 Å². The van der Waals surface area contributed by atoms with Crippen LogP contribution in [0.25, 0.3) is 11.1 Å². The number of rotatable bonds is 23. The van der Waals surface area contributed by atoms with Gasteiger partial charge in [0.05, 0.1) is 35.5 Å². The molecule has 0 saturated carbocycles. The van der Waals surface area contributed by atoms with E-state index >= 15 is 0 Å². The van der Waals surface area contributed by atoms with Gasteiger partial charge in [-0.1, -0.05) is 90.5 Å². The molecule has 0 fully saturated rings. The van der Waals surface area contributed by atoms with E-state index in [1.165, 1.54) is 74.2 Å². The Labute approximate surface area is 387 Å². The van der Waals surface area contributed by atoms with Gasteiger partial charge in [0.2, 0.25) is 0 Å². The number of esters is 4. The maximum atomic E-state index is 13.1. The summed E-state index contributed by atoms with van der Waals surface area (Å²) in [6, 6.07) is 39.9. The second-order valence-electron chi connectivity index (χ2n) is 16.7. The Kier molecular flexibility index (Phi) is 18.1. The molecule has 1 atom stereocenters. The molecule has 0 spiro atoms. The number of carbonyl (C=O) groups excluding carboxylic acids is 4. The van der Waals surface area contributed by atoms with Crippen LogP contribution in [0.3, 0.4) is 0 Å². The van der Waals surface area contributed by atoms with Crippen LogP contribution in [0, 0.1) is 11.8 Å². The second kappa shape index (κ2) is 24.8. The molecule has 0 bridgehead atoms. The molecule has 66 heavy (non-hydrogen) atoms. The molecule has 10 heteroatoms. The van der Waals surface area contributed by atoms with Crippen LogP contribution in [0.1, 0.15) is 120 Å². The number of ether oxygens (including phenoxy) is 6. The smallest absolute Gasteiger partial charge is 0.343 e. The van der Waals surface area contributed by atoms with Gasteiger partial charge in [0, 0.05) is 0 Å². The standard InChI is InChI=1S/C56H58O10/c1-5-6-7-8-36-61-47-23-17-42(18-24-47)53(57)64-50-27-19-43(20-28-50)54(58)63-49-25-15-41(16-26-49)45-13-10-14-46(38-45)56(60)66-51-29-21-44(22-30-51)55(59)65-52-33-31-48(32-34-52)62-37-35-40(4)12-9-11-39(2)3/h10,13-34,38-40H,5-9,11-12,35-37H2,1-4H3/t40-/m0/s1. The van der Waals surface area contributed by atoms with Gasteiger partial charge >= 0.3 is 23.9 Å². The zero-order valence-electron chi connectivity index (χ0n) is 38.2. The first-order valence-corrected chi connectivity index (χ1v) is 22.8. The first-order chi connectivity index (χ1) is 32.0. The Morgan fingerprint density at radius 1 is 0.394 bits per heavy atom. The lowest BCUT2D eigenvalue weighted by Gasteiger charge is -2.13. The van der Waals surface area contributed by atoms with Crippen LogP contribution in [-0.4, -0.2) is 37.1 Å². The second-order valence-corrected chi connectivity index (χ2v) is 16.7. The summed E-state index contributed by atoms with van der Waals surface area (Å²) in [4.78, 5) is 51.7. The third-order valence-electron chi connectivity index (χ3n) is 10.8. The minimum absolute atomic E-state index is 0.264. The molecule has 0 unspecified atom stereocenters. The molecule has 0 aliphatic heterocycles. The van der Waals surface area contributed by atoms with Crippen LogP contribution < -0.4 is 28.4 Å². The Morgan fingerprint density at radius 3 is 1.30 bits per heavy atom. The fraction of sp³-hybridized carbons (Fsp3) is 0.286. The van der Waals surface area contributed by atoms with Crippen molar-refractivity contribution in [1.82, 2.24) is 0 Å². The van der Waals surface area contributed by atoms with Crippen LogP contribution in [0.2, 0.25) is 0 Å². The van der Waals surface area contributed by atoms with E-state index in [0.717, 1.165) is 48.5 Å². The molecule has 0 aromatic heterocycles. The highest BCUT2D eigenvalue weighted by atomic mass is 16.5. The molecule has 6 rings (SSSR count). The van der Waals surface area contributed by atoms with Crippen LogP contribution in [0.5, 0.6) is 34.5 Å². The molecular formula is C56H58O10. The van der Waals surface area contributed by atoms with E-state index in [0.29, 0.717) is 53.1 Å². The minimum atomic E-state index is -0.584. The van der Waals surface area contributed by atoms with Gasteiger partial charge in [-0.05, 0) is 157 Å². The molecule has 10 nitrogen and oxygen atoms in total. The molecule has 0 heterocycles. The lowest BCUT2D eigenvalue weighted by atomic mass is 9.98. The molecule has 0 amide bonds. The molecule has 0 aliphatic rings. The van der Waals surface area contributed by atoms with Crippen molar-refractivity contribution < 1.29 is 47.6 Å². The average molecular weight is 891 g/mol. The van der Waals surface area contributed by atoms with E-state index in [2.05, 4.69) is 27.7 Å². The quantitative estimate of drug-likeness (QED) is 0.0349. The van der Waals surface area contributed by atoms with Crippen molar-refractivity contribution in [3.63, 3.8) is 0 Å². The zero-order valence-corrected chi connectivity index (χ0v) is 38.2. The lowest BCUT2D eigenvalue weighted by molar-refractivity contribution is 0.0720. The maximum Gasteiger partial charge on any atom is 0.343 e. The van der Waals surface area contributed by atoms with Crippen molar-refractivity contribution >= 4 is 23.9 Å². The van der Waals surface area contributed by atoms with Gasteiger partial charge in [-0.25, -0.2) is 19.2 Å². The van der Waals surface area contributed by atoms with Crippen molar-refractivity contribution in [3.05, 3.63) is 168 Å². The molecular weight excluding hydrogens is 833 g/mol. The predicted molar refractivity (Wildman–Crippen MR) is 255 cm³/mol. The Morgan fingerprint density at radius 2 is 0.818 bits per heavy atom. The molecule has 342 valence electrons. The Bertz CT molecular complexity index is 2470. The first kappa shape index (κ1) is 48.3. The maximum absolute atomic E-state index is 13.1. The Hall–Kier alpha value is -7.20. The predicted octanol–water partition coefficient (Wildman–Crippen LogP) is 13.4. The van der Waals surface area contributed by atoms with E-state index in [1.54, 1.807) is 91.0 Å². The summed E-state index contributed by atoms with van der Waals surface area (Å²) in [5.74, 6) is 1.78. The van der Waals surface area contributed by atoms with Gasteiger partial charge in [-0.3, -0.25) is 0 Å². The highest BCUT2D eigenvalue weighted by Crippen LogP contribution is 2.26. The van der Waals surface area contributed by atoms with Crippen LogP contribution in [0.15, 0.2) is 146 Å². The van der Waals surface area contributed by atoms with E-state index in [9.17, 15) is 19.2 Å². The fourth-order valence-electron chi connectivity index (χ4n) is 6.93. The van der Waals surface area contributed by atoms with Crippen molar-refractivity contribution in [2.75, 3.05) is 13.2 Å². The fourth-order valence-corrected chi connectivity index (χ4v) is 6.93. The van der Waals surface area contributed by atoms with Crippen LogP contribution in [-0.2, 0) is 0 Å². The topological polar surface area (TPSA) is 124 Å². The lowest BCUT2D eigenvalue weighted by Crippen LogP contribution is -2.10. The van der Waals surface area contributed by atoms with Gasteiger partial charge in [-0.15, -0.1) is 0 Å².